The van der Waals surface area contributed by atoms with Gasteiger partial charge in [-0.05, 0) is 55.3 Å². The number of carbonyl (C=O) groups is 1. The fourth-order valence-electron chi connectivity index (χ4n) is 4.14. The van der Waals surface area contributed by atoms with Crippen LogP contribution in [-0.2, 0) is 13.1 Å². The van der Waals surface area contributed by atoms with Crippen molar-refractivity contribution in [3.05, 3.63) is 69.8 Å². The van der Waals surface area contributed by atoms with Gasteiger partial charge >= 0.3 is 0 Å². The summed E-state index contributed by atoms with van der Waals surface area (Å²) >= 11 is 1.68. The van der Waals surface area contributed by atoms with E-state index in [0.717, 1.165) is 41.2 Å². The Hall–Kier alpha value is -3.26. The highest BCUT2D eigenvalue weighted by molar-refractivity contribution is 7.09. The lowest BCUT2D eigenvalue weighted by atomic mass is 10.1. The van der Waals surface area contributed by atoms with Crippen LogP contribution in [0, 0.1) is 6.92 Å². The summed E-state index contributed by atoms with van der Waals surface area (Å²) in [5.41, 5.74) is 3.11. The standard InChI is InChI=1S/C24H26N6OS/c1-17-12-20(21-15-27-30(23(21)28-17)16-19-6-5-11-32-19)24(31)26-14-18-7-8-22(25-13-18)29-9-3-2-4-10-29/h5-8,11-13,15H,2-4,9-10,14,16H2,1H3,(H,26,31). The molecule has 0 atom stereocenters. The van der Waals surface area contributed by atoms with Crippen molar-refractivity contribution < 1.29 is 4.79 Å². The van der Waals surface area contributed by atoms with E-state index in [1.54, 1.807) is 17.5 Å². The van der Waals surface area contributed by atoms with Gasteiger partial charge in [-0.25, -0.2) is 14.6 Å². The van der Waals surface area contributed by atoms with Gasteiger partial charge < -0.3 is 10.2 Å². The number of aryl methyl sites for hydroxylation is 1. The first-order valence-corrected chi connectivity index (χ1v) is 11.9. The Kier molecular flexibility index (Phi) is 5.85. The van der Waals surface area contributed by atoms with Crippen LogP contribution >= 0.6 is 11.3 Å². The third kappa shape index (κ3) is 4.36. The van der Waals surface area contributed by atoms with Gasteiger partial charge in [0.15, 0.2) is 5.65 Å². The zero-order chi connectivity index (χ0) is 21.9. The molecule has 5 heterocycles. The van der Waals surface area contributed by atoms with Crippen LogP contribution in [-0.4, -0.2) is 38.7 Å². The number of carbonyl (C=O) groups excluding carboxylic acids is 1. The number of thiophene rings is 1. The molecule has 4 aromatic heterocycles. The number of piperidine rings is 1. The molecule has 0 aromatic carbocycles. The van der Waals surface area contributed by atoms with Crippen LogP contribution in [0.3, 0.4) is 0 Å². The van der Waals surface area contributed by atoms with E-state index in [4.69, 9.17) is 0 Å². The van der Waals surface area contributed by atoms with Crippen LogP contribution in [0.5, 0.6) is 0 Å². The minimum atomic E-state index is -0.128. The Morgan fingerprint density at radius 1 is 1.16 bits per heavy atom. The number of amides is 1. The number of anilines is 1. The lowest BCUT2D eigenvalue weighted by Gasteiger charge is -2.27. The fraction of sp³-hybridized carbons (Fsp3) is 0.333. The van der Waals surface area contributed by atoms with Gasteiger partial charge in [-0.3, -0.25) is 4.79 Å². The van der Waals surface area contributed by atoms with Crippen LogP contribution in [0.1, 0.15) is 45.8 Å². The lowest BCUT2D eigenvalue weighted by Crippen LogP contribution is -2.30. The van der Waals surface area contributed by atoms with Crippen molar-refractivity contribution in [1.29, 1.82) is 0 Å². The van der Waals surface area contributed by atoms with E-state index in [-0.39, 0.29) is 5.91 Å². The molecule has 0 aliphatic carbocycles. The van der Waals surface area contributed by atoms with Crippen LogP contribution in [0.2, 0.25) is 0 Å². The van der Waals surface area contributed by atoms with Crippen molar-refractivity contribution in [3.63, 3.8) is 0 Å². The maximum atomic E-state index is 13.0. The highest BCUT2D eigenvalue weighted by atomic mass is 32.1. The van der Waals surface area contributed by atoms with Gasteiger partial charge in [0.1, 0.15) is 5.82 Å². The molecule has 164 valence electrons. The third-order valence-electron chi connectivity index (χ3n) is 5.81. The molecule has 0 unspecified atom stereocenters. The molecule has 1 amide bonds. The average Bonchev–Trinajstić information content (AvgIpc) is 3.48. The molecule has 7 nitrogen and oxygen atoms in total. The SMILES string of the molecule is Cc1cc(C(=O)NCc2ccc(N3CCCCC3)nc2)c2cnn(Cc3cccs3)c2n1. The number of aromatic nitrogens is 4. The van der Waals surface area contributed by atoms with Crippen molar-refractivity contribution in [1.82, 2.24) is 25.1 Å². The Balaban J connectivity index is 1.30. The van der Waals surface area contributed by atoms with E-state index in [2.05, 4.69) is 37.4 Å². The minimum absolute atomic E-state index is 0.128. The van der Waals surface area contributed by atoms with Crippen LogP contribution in [0.4, 0.5) is 5.82 Å². The number of hydrogen-bond donors (Lipinski definition) is 1. The molecule has 5 rings (SSSR count). The van der Waals surface area contributed by atoms with Gasteiger partial charge in [-0.2, -0.15) is 5.10 Å². The summed E-state index contributed by atoms with van der Waals surface area (Å²) in [5, 5.41) is 10.3. The number of nitrogens with one attached hydrogen (secondary N) is 1. The Labute approximate surface area is 191 Å². The number of pyridine rings is 2. The molecular weight excluding hydrogens is 420 g/mol. The van der Waals surface area contributed by atoms with Crippen molar-refractivity contribution in [2.45, 2.75) is 39.3 Å². The zero-order valence-corrected chi connectivity index (χ0v) is 18.9. The minimum Gasteiger partial charge on any atom is -0.357 e. The van der Waals surface area contributed by atoms with Gasteiger partial charge in [0.25, 0.3) is 5.91 Å². The van der Waals surface area contributed by atoms with Crippen molar-refractivity contribution in [2.24, 2.45) is 0 Å². The number of rotatable bonds is 6. The van der Waals surface area contributed by atoms with Crippen LogP contribution in [0.25, 0.3) is 11.0 Å². The molecule has 0 spiro atoms. The smallest absolute Gasteiger partial charge is 0.252 e. The first kappa shape index (κ1) is 20.6. The van der Waals surface area contributed by atoms with Gasteiger partial charge in [0.2, 0.25) is 0 Å². The Morgan fingerprint density at radius 2 is 2.03 bits per heavy atom. The van der Waals surface area contributed by atoms with E-state index in [1.807, 2.05) is 41.4 Å². The second-order valence-corrected chi connectivity index (χ2v) is 9.22. The molecule has 1 saturated heterocycles. The highest BCUT2D eigenvalue weighted by Crippen LogP contribution is 2.21. The number of fused-ring (bicyclic) bond motifs is 1. The predicted molar refractivity (Wildman–Crippen MR) is 127 cm³/mol. The lowest BCUT2D eigenvalue weighted by molar-refractivity contribution is 0.0952. The van der Waals surface area contributed by atoms with Crippen LogP contribution < -0.4 is 10.2 Å². The maximum Gasteiger partial charge on any atom is 0.252 e. The molecule has 1 N–H and O–H groups in total. The first-order valence-electron chi connectivity index (χ1n) is 11.0. The average molecular weight is 447 g/mol. The molecule has 0 radical (unpaired) electrons. The summed E-state index contributed by atoms with van der Waals surface area (Å²) in [5.74, 6) is 0.890. The van der Waals surface area contributed by atoms with Crippen molar-refractivity contribution in [3.8, 4) is 0 Å². The van der Waals surface area contributed by atoms with Crippen molar-refractivity contribution in [2.75, 3.05) is 18.0 Å². The molecule has 0 saturated carbocycles. The molecule has 1 aliphatic rings. The second-order valence-electron chi connectivity index (χ2n) is 8.19. The molecule has 0 bridgehead atoms. The number of nitrogens with zero attached hydrogens (tertiary/aromatic N) is 5. The monoisotopic (exact) mass is 446 g/mol. The van der Waals surface area contributed by atoms with Crippen LogP contribution in [0.15, 0.2) is 48.1 Å². The summed E-state index contributed by atoms with van der Waals surface area (Å²) in [6.45, 7) is 5.12. The number of hydrogen-bond acceptors (Lipinski definition) is 6. The molecule has 8 heteroatoms. The maximum absolute atomic E-state index is 13.0. The predicted octanol–water partition coefficient (Wildman–Crippen LogP) is 4.16. The summed E-state index contributed by atoms with van der Waals surface area (Å²) in [6.07, 6.45) is 7.34. The summed E-state index contributed by atoms with van der Waals surface area (Å²) < 4.78 is 1.86. The Bertz CT molecular complexity index is 1210. The highest BCUT2D eigenvalue weighted by Gasteiger charge is 2.17. The van der Waals surface area contributed by atoms with Gasteiger partial charge in [-0.15, -0.1) is 11.3 Å². The molecule has 4 aromatic rings. The normalized spacial score (nSPS) is 14.1. The van der Waals surface area contributed by atoms with Gasteiger partial charge in [0.05, 0.1) is 23.7 Å². The van der Waals surface area contributed by atoms with E-state index in [1.165, 1.54) is 24.1 Å². The molecule has 1 aliphatic heterocycles. The van der Waals surface area contributed by atoms with E-state index >= 15 is 0 Å². The fourth-order valence-corrected chi connectivity index (χ4v) is 4.82. The topological polar surface area (TPSA) is 75.9 Å². The summed E-state index contributed by atoms with van der Waals surface area (Å²) in [4.78, 5) is 25.8. The largest absolute Gasteiger partial charge is 0.357 e. The summed E-state index contributed by atoms with van der Waals surface area (Å²) in [6, 6.07) is 10.0. The molecule has 1 fully saturated rings. The zero-order valence-electron chi connectivity index (χ0n) is 18.1. The third-order valence-corrected chi connectivity index (χ3v) is 6.67. The second kappa shape index (κ2) is 9.08. The van der Waals surface area contributed by atoms with E-state index in [0.29, 0.717) is 18.7 Å². The van der Waals surface area contributed by atoms with Gasteiger partial charge in [-0.1, -0.05) is 12.1 Å². The molecule has 32 heavy (non-hydrogen) atoms. The van der Waals surface area contributed by atoms with E-state index < -0.39 is 0 Å². The molecular formula is C24H26N6OS. The quantitative estimate of drug-likeness (QED) is 0.481. The van der Waals surface area contributed by atoms with Gasteiger partial charge in [0, 0.05) is 36.4 Å². The summed E-state index contributed by atoms with van der Waals surface area (Å²) in [7, 11) is 0. The Morgan fingerprint density at radius 3 is 2.78 bits per heavy atom. The first-order chi connectivity index (χ1) is 15.7. The van der Waals surface area contributed by atoms with Crippen molar-refractivity contribution >= 4 is 34.1 Å². The van der Waals surface area contributed by atoms with E-state index in [9.17, 15) is 4.79 Å².